The molecule has 1 amide bonds. The van der Waals surface area contributed by atoms with Gasteiger partial charge in [-0.05, 0) is 68.8 Å². The van der Waals surface area contributed by atoms with Crippen molar-refractivity contribution in [3.8, 4) is 5.69 Å². The maximum absolute atomic E-state index is 12.4. The number of methoxy groups -OCH3 is 1. The maximum atomic E-state index is 12.4. The van der Waals surface area contributed by atoms with Crippen LogP contribution in [0.25, 0.3) is 16.7 Å². The lowest BCUT2D eigenvalue weighted by Gasteiger charge is -2.14. The topological polar surface area (TPSA) is 85.8 Å². The Balaban J connectivity index is 1.57. The number of benzene rings is 2. The van der Waals surface area contributed by atoms with E-state index in [1.807, 2.05) is 37.5 Å². The van der Waals surface area contributed by atoms with E-state index in [2.05, 4.69) is 10.5 Å². The first-order valence-electron chi connectivity index (χ1n) is 10.2. The molecule has 0 saturated heterocycles. The van der Waals surface area contributed by atoms with E-state index in [0.29, 0.717) is 16.2 Å². The lowest BCUT2D eigenvalue weighted by atomic mass is 10.1. The van der Waals surface area contributed by atoms with E-state index in [9.17, 15) is 9.59 Å². The van der Waals surface area contributed by atoms with Crippen molar-refractivity contribution in [3.63, 3.8) is 0 Å². The van der Waals surface area contributed by atoms with Gasteiger partial charge in [0, 0.05) is 33.0 Å². The summed E-state index contributed by atoms with van der Waals surface area (Å²) in [6, 6.07) is 14.1. The fourth-order valence-corrected chi connectivity index (χ4v) is 3.91. The van der Waals surface area contributed by atoms with Gasteiger partial charge in [0.2, 0.25) is 0 Å². The third kappa shape index (κ3) is 4.40. The summed E-state index contributed by atoms with van der Waals surface area (Å²) in [5.41, 5.74) is 8.11. The van der Waals surface area contributed by atoms with Crippen LogP contribution in [0.5, 0.6) is 0 Å². The zero-order valence-corrected chi connectivity index (χ0v) is 19.4. The van der Waals surface area contributed by atoms with Gasteiger partial charge in [-0.15, -0.1) is 0 Å². The average Bonchev–Trinajstić information content (AvgIpc) is 3.33. The number of nitrogens with zero attached hydrogens (tertiary/aromatic N) is 2. The minimum atomic E-state index is -0.464. The molecule has 33 heavy (non-hydrogen) atoms. The molecule has 0 radical (unpaired) electrons. The van der Waals surface area contributed by atoms with Crippen LogP contribution in [-0.4, -0.2) is 29.8 Å². The number of fused-ring (bicyclic) bond motifs is 1. The SMILES string of the molecule is COC(=O)c1ccc(C)c(-n2c(C)cc(/C=N/NC(=O)c3cc4cc(Cl)ccc4o3)c2C)c1. The van der Waals surface area contributed by atoms with Crippen molar-refractivity contribution in [2.45, 2.75) is 20.8 Å². The molecule has 168 valence electrons. The average molecular weight is 464 g/mol. The molecule has 2 aromatic carbocycles. The lowest BCUT2D eigenvalue weighted by Crippen LogP contribution is -2.16. The highest BCUT2D eigenvalue weighted by Gasteiger charge is 2.15. The van der Waals surface area contributed by atoms with Gasteiger partial charge in [-0.25, -0.2) is 10.2 Å². The van der Waals surface area contributed by atoms with Gasteiger partial charge in [-0.3, -0.25) is 4.79 Å². The number of rotatable bonds is 5. The fourth-order valence-electron chi connectivity index (χ4n) is 3.73. The Kier molecular flexibility index (Phi) is 6.07. The number of nitrogens with one attached hydrogen (secondary N) is 1. The minimum absolute atomic E-state index is 0.144. The van der Waals surface area contributed by atoms with Crippen LogP contribution in [0.1, 0.15) is 43.4 Å². The van der Waals surface area contributed by atoms with Crippen molar-refractivity contribution >= 4 is 40.7 Å². The molecule has 0 saturated carbocycles. The summed E-state index contributed by atoms with van der Waals surface area (Å²) < 4.78 is 12.4. The van der Waals surface area contributed by atoms with Crippen LogP contribution in [0.3, 0.4) is 0 Å². The van der Waals surface area contributed by atoms with E-state index in [1.165, 1.54) is 7.11 Å². The minimum Gasteiger partial charge on any atom is -0.465 e. The molecule has 0 spiro atoms. The molecular formula is C25H22ClN3O4. The van der Waals surface area contributed by atoms with E-state index in [4.69, 9.17) is 20.8 Å². The second-order valence-electron chi connectivity index (χ2n) is 7.65. The normalized spacial score (nSPS) is 11.3. The summed E-state index contributed by atoms with van der Waals surface area (Å²) in [7, 11) is 1.36. The monoisotopic (exact) mass is 463 g/mol. The third-order valence-electron chi connectivity index (χ3n) is 5.41. The van der Waals surface area contributed by atoms with Gasteiger partial charge in [-0.1, -0.05) is 17.7 Å². The third-order valence-corrected chi connectivity index (χ3v) is 5.65. The molecule has 8 heteroatoms. The largest absolute Gasteiger partial charge is 0.465 e. The van der Waals surface area contributed by atoms with Gasteiger partial charge in [0.15, 0.2) is 5.76 Å². The number of hydrogen-bond donors (Lipinski definition) is 1. The second kappa shape index (κ2) is 8.96. The van der Waals surface area contributed by atoms with E-state index < -0.39 is 11.9 Å². The first kappa shape index (κ1) is 22.4. The van der Waals surface area contributed by atoms with Crippen LogP contribution in [0.2, 0.25) is 5.02 Å². The Morgan fingerprint density at radius 2 is 1.88 bits per heavy atom. The number of aromatic nitrogens is 1. The summed E-state index contributed by atoms with van der Waals surface area (Å²) >= 11 is 5.98. The summed E-state index contributed by atoms with van der Waals surface area (Å²) in [6.07, 6.45) is 1.58. The number of hydrogen-bond acceptors (Lipinski definition) is 5. The molecular weight excluding hydrogens is 442 g/mol. The molecule has 0 bridgehead atoms. The Morgan fingerprint density at radius 1 is 1.09 bits per heavy atom. The number of ether oxygens (including phenoxy) is 1. The van der Waals surface area contributed by atoms with Crippen molar-refractivity contribution in [2.24, 2.45) is 5.10 Å². The van der Waals surface area contributed by atoms with Crippen LogP contribution in [0, 0.1) is 20.8 Å². The van der Waals surface area contributed by atoms with Gasteiger partial charge in [0.25, 0.3) is 0 Å². The fraction of sp³-hybridized carbons (Fsp3) is 0.160. The molecule has 2 aromatic heterocycles. The smallest absolute Gasteiger partial charge is 0.337 e. The summed E-state index contributed by atoms with van der Waals surface area (Å²) in [6.45, 7) is 5.89. The lowest BCUT2D eigenvalue weighted by molar-refractivity contribution is 0.0600. The van der Waals surface area contributed by atoms with E-state index in [1.54, 1.807) is 42.6 Å². The first-order chi connectivity index (χ1) is 15.8. The number of aryl methyl sites for hydroxylation is 2. The predicted molar refractivity (Wildman–Crippen MR) is 128 cm³/mol. The highest BCUT2D eigenvalue weighted by atomic mass is 35.5. The summed E-state index contributed by atoms with van der Waals surface area (Å²) in [5.74, 6) is -0.713. The van der Waals surface area contributed by atoms with Crippen molar-refractivity contribution in [1.82, 2.24) is 9.99 Å². The molecule has 0 aliphatic carbocycles. The molecule has 1 N–H and O–H groups in total. The zero-order chi connectivity index (χ0) is 23.7. The Bertz CT molecular complexity index is 1410. The number of hydrazone groups is 1. The van der Waals surface area contributed by atoms with E-state index in [0.717, 1.165) is 33.6 Å². The van der Waals surface area contributed by atoms with Crippen LogP contribution < -0.4 is 5.43 Å². The molecule has 2 heterocycles. The van der Waals surface area contributed by atoms with Crippen molar-refractivity contribution in [3.05, 3.63) is 87.4 Å². The molecule has 0 aliphatic heterocycles. The van der Waals surface area contributed by atoms with Crippen LogP contribution >= 0.6 is 11.6 Å². The molecule has 0 aliphatic rings. The molecule has 4 rings (SSSR count). The van der Waals surface area contributed by atoms with Crippen LogP contribution in [0.4, 0.5) is 0 Å². The maximum Gasteiger partial charge on any atom is 0.337 e. The number of carbonyl (C=O) groups is 2. The zero-order valence-electron chi connectivity index (χ0n) is 18.6. The van der Waals surface area contributed by atoms with Gasteiger partial charge >= 0.3 is 11.9 Å². The highest BCUT2D eigenvalue weighted by molar-refractivity contribution is 6.31. The van der Waals surface area contributed by atoms with Crippen LogP contribution in [-0.2, 0) is 4.74 Å². The quantitative estimate of drug-likeness (QED) is 0.245. The van der Waals surface area contributed by atoms with Crippen molar-refractivity contribution < 1.29 is 18.7 Å². The molecule has 0 atom stereocenters. The van der Waals surface area contributed by atoms with Gasteiger partial charge in [0.05, 0.1) is 18.9 Å². The standard InChI is InChI=1S/C25H22ClN3O4/c1-14-5-6-17(25(31)32-4)11-21(14)29-15(2)9-19(16(29)3)13-27-28-24(30)23-12-18-10-20(26)7-8-22(18)33-23/h5-13H,1-4H3,(H,28,30)/b27-13+. The van der Waals surface area contributed by atoms with Gasteiger partial charge < -0.3 is 13.7 Å². The first-order valence-corrected chi connectivity index (χ1v) is 10.6. The van der Waals surface area contributed by atoms with Gasteiger partial charge in [0.1, 0.15) is 5.58 Å². The van der Waals surface area contributed by atoms with E-state index in [-0.39, 0.29) is 5.76 Å². The Labute approximate surface area is 195 Å². The Hall–Kier alpha value is -3.84. The van der Waals surface area contributed by atoms with Crippen molar-refractivity contribution in [1.29, 1.82) is 0 Å². The molecule has 0 fully saturated rings. The Morgan fingerprint density at radius 3 is 2.64 bits per heavy atom. The predicted octanol–water partition coefficient (Wildman–Crippen LogP) is 5.35. The summed E-state index contributed by atoms with van der Waals surface area (Å²) in [4.78, 5) is 24.4. The number of amides is 1. The molecule has 4 aromatic rings. The molecule has 0 unspecified atom stereocenters. The number of esters is 1. The second-order valence-corrected chi connectivity index (χ2v) is 8.08. The number of furan rings is 1. The van der Waals surface area contributed by atoms with E-state index >= 15 is 0 Å². The van der Waals surface area contributed by atoms with Gasteiger partial charge in [-0.2, -0.15) is 5.10 Å². The number of halogens is 1. The molecule has 7 nitrogen and oxygen atoms in total. The highest BCUT2D eigenvalue weighted by Crippen LogP contribution is 2.25. The number of carbonyl (C=O) groups excluding carboxylic acids is 2. The van der Waals surface area contributed by atoms with Crippen LogP contribution in [0.15, 0.2) is 58.0 Å². The summed E-state index contributed by atoms with van der Waals surface area (Å²) in [5, 5.41) is 5.40. The van der Waals surface area contributed by atoms with Crippen molar-refractivity contribution in [2.75, 3.05) is 7.11 Å².